The molecule has 6 nitrogen and oxygen atoms in total. The van der Waals surface area contributed by atoms with Gasteiger partial charge in [-0.1, -0.05) is 43.3 Å². The highest BCUT2D eigenvalue weighted by molar-refractivity contribution is 5.77. The van der Waals surface area contributed by atoms with E-state index in [0.29, 0.717) is 36.1 Å². The van der Waals surface area contributed by atoms with Crippen LogP contribution in [0.1, 0.15) is 44.1 Å². The third kappa shape index (κ3) is 5.33. The summed E-state index contributed by atoms with van der Waals surface area (Å²) in [5.74, 6) is 1.67. The lowest BCUT2D eigenvalue weighted by atomic mass is 9.94. The first-order valence-electron chi connectivity index (χ1n) is 11.1. The van der Waals surface area contributed by atoms with E-state index in [-0.39, 0.29) is 30.1 Å². The maximum absolute atomic E-state index is 14.0. The van der Waals surface area contributed by atoms with Crippen LogP contribution in [0.25, 0.3) is 11.4 Å². The molecule has 1 aromatic heterocycles. The highest BCUT2D eigenvalue weighted by Crippen LogP contribution is 2.24. The number of carbonyl (C=O) groups is 1. The van der Waals surface area contributed by atoms with Gasteiger partial charge >= 0.3 is 0 Å². The van der Waals surface area contributed by atoms with E-state index in [1.54, 1.807) is 18.2 Å². The maximum atomic E-state index is 14.0. The lowest BCUT2D eigenvalue weighted by molar-refractivity contribution is -0.135. The van der Waals surface area contributed by atoms with Crippen LogP contribution in [0.4, 0.5) is 4.39 Å². The molecule has 1 atom stereocenters. The number of rotatable bonds is 7. The molecule has 7 heteroatoms. The summed E-state index contributed by atoms with van der Waals surface area (Å²) in [6.07, 6.45) is 2.44. The average molecular weight is 438 g/mol. The number of ether oxygens (including phenoxy) is 1. The summed E-state index contributed by atoms with van der Waals surface area (Å²) < 4.78 is 25.0. The molecule has 1 unspecified atom stereocenters. The van der Waals surface area contributed by atoms with E-state index in [1.165, 1.54) is 11.6 Å². The van der Waals surface area contributed by atoms with Crippen molar-refractivity contribution in [1.82, 2.24) is 15.0 Å². The molecule has 1 aliphatic rings. The maximum Gasteiger partial charge on any atom is 0.260 e. The number of benzene rings is 2. The summed E-state index contributed by atoms with van der Waals surface area (Å²) >= 11 is 0. The van der Waals surface area contributed by atoms with Crippen LogP contribution in [0.3, 0.4) is 0 Å². The van der Waals surface area contributed by atoms with Crippen LogP contribution in [0.15, 0.2) is 53.1 Å². The van der Waals surface area contributed by atoms with Crippen LogP contribution in [-0.4, -0.2) is 40.6 Å². The van der Waals surface area contributed by atoms with Gasteiger partial charge in [0.1, 0.15) is 11.6 Å². The number of piperidine rings is 1. The van der Waals surface area contributed by atoms with Crippen molar-refractivity contribution in [3.8, 4) is 17.1 Å². The van der Waals surface area contributed by atoms with Gasteiger partial charge in [-0.15, -0.1) is 0 Å². The summed E-state index contributed by atoms with van der Waals surface area (Å²) in [4.78, 5) is 18.9. The van der Waals surface area contributed by atoms with Crippen LogP contribution in [0, 0.1) is 11.7 Å². The van der Waals surface area contributed by atoms with Gasteiger partial charge in [0.15, 0.2) is 6.61 Å². The van der Waals surface area contributed by atoms with E-state index in [0.717, 1.165) is 19.4 Å². The standard InChI is InChI=1S/C25H28FN3O3/c1-17(2)19-9-11-20(12-10-19)31-16-24(30)29-13-5-6-18(15-29)14-23-27-25(28-32-23)21-7-3-4-8-22(21)26/h3-4,7-12,17-18H,5-6,13-16H2,1-2H3. The SMILES string of the molecule is CC(C)c1ccc(OCC(=O)N2CCCC(Cc3nc(-c4ccccc4F)no3)C2)cc1. The molecule has 168 valence electrons. The van der Waals surface area contributed by atoms with E-state index in [4.69, 9.17) is 9.26 Å². The second kappa shape index (κ2) is 9.94. The predicted octanol–water partition coefficient (Wildman–Crippen LogP) is 4.86. The molecule has 1 fully saturated rings. The summed E-state index contributed by atoms with van der Waals surface area (Å²) in [6, 6.07) is 14.2. The lowest BCUT2D eigenvalue weighted by Crippen LogP contribution is -2.42. The second-order valence-corrected chi connectivity index (χ2v) is 8.56. The number of carbonyl (C=O) groups excluding carboxylic acids is 1. The Balaban J connectivity index is 1.30. The molecule has 0 spiro atoms. The zero-order valence-corrected chi connectivity index (χ0v) is 18.5. The zero-order valence-electron chi connectivity index (χ0n) is 18.5. The van der Waals surface area contributed by atoms with Crippen molar-refractivity contribution in [2.75, 3.05) is 19.7 Å². The van der Waals surface area contributed by atoms with Gasteiger partial charge in [0.2, 0.25) is 11.7 Å². The van der Waals surface area contributed by atoms with Crippen molar-refractivity contribution in [3.63, 3.8) is 0 Å². The predicted molar refractivity (Wildman–Crippen MR) is 119 cm³/mol. The van der Waals surface area contributed by atoms with Crippen molar-refractivity contribution in [2.45, 2.75) is 39.0 Å². The minimum Gasteiger partial charge on any atom is -0.484 e. The Morgan fingerprint density at radius 3 is 2.75 bits per heavy atom. The van der Waals surface area contributed by atoms with Gasteiger partial charge in [-0.2, -0.15) is 4.98 Å². The molecule has 2 aromatic carbocycles. The molecule has 0 radical (unpaired) electrons. The van der Waals surface area contributed by atoms with E-state index in [1.807, 2.05) is 29.2 Å². The molecule has 0 saturated carbocycles. The van der Waals surface area contributed by atoms with Gasteiger partial charge in [-0.05, 0) is 54.5 Å². The molecule has 0 bridgehead atoms. The summed E-state index contributed by atoms with van der Waals surface area (Å²) in [5.41, 5.74) is 1.56. The Kier molecular flexibility index (Phi) is 6.83. The Hall–Kier alpha value is -3.22. The number of hydrogen-bond acceptors (Lipinski definition) is 5. The first-order chi connectivity index (χ1) is 15.5. The third-order valence-corrected chi connectivity index (χ3v) is 5.83. The molecule has 2 heterocycles. The first kappa shape index (κ1) is 22.0. The number of nitrogens with zero attached hydrogens (tertiary/aromatic N) is 3. The molecule has 0 aliphatic carbocycles. The number of aromatic nitrogens is 2. The minimum absolute atomic E-state index is 0.0196. The number of likely N-dealkylation sites (tertiary alicyclic amines) is 1. The average Bonchev–Trinajstić information content (AvgIpc) is 3.26. The van der Waals surface area contributed by atoms with Crippen molar-refractivity contribution in [1.29, 1.82) is 0 Å². The molecule has 1 aliphatic heterocycles. The van der Waals surface area contributed by atoms with Crippen LogP contribution in [0.2, 0.25) is 0 Å². The monoisotopic (exact) mass is 437 g/mol. The lowest BCUT2D eigenvalue weighted by Gasteiger charge is -2.32. The molecule has 0 N–H and O–H groups in total. The normalized spacial score (nSPS) is 16.4. The quantitative estimate of drug-likeness (QED) is 0.528. The van der Waals surface area contributed by atoms with E-state index in [9.17, 15) is 9.18 Å². The Morgan fingerprint density at radius 2 is 2.00 bits per heavy atom. The van der Waals surface area contributed by atoms with Crippen molar-refractivity contribution < 1.29 is 18.4 Å². The van der Waals surface area contributed by atoms with Gasteiger partial charge in [0.05, 0.1) is 5.56 Å². The fourth-order valence-electron chi connectivity index (χ4n) is 3.98. The van der Waals surface area contributed by atoms with E-state index in [2.05, 4.69) is 24.0 Å². The van der Waals surface area contributed by atoms with Crippen LogP contribution >= 0.6 is 0 Å². The Labute approximate surface area is 187 Å². The molecular formula is C25H28FN3O3. The molecule has 3 aromatic rings. The largest absolute Gasteiger partial charge is 0.484 e. The molecule has 1 saturated heterocycles. The Bertz CT molecular complexity index is 1050. The van der Waals surface area contributed by atoms with E-state index < -0.39 is 0 Å². The number of amides is 1. The van der Waals surface area contributed by atoms with Crippen LogP contribution < -0.4 is 4.74 Å². The molecular weight excluding hydrogens is 409 g/mol. The fraction of sp³-hybridized carbons (Fsp3) is 0.400. The fourth-order valence-corrected chi connectivity index (χ4v) is 3.98. The summed E-state index contributed by atoms with van der Waals surface area (Å²) in [7, 11) is 0. The second-order valence-electron chi connectivity index (χ2n) is 8.56. The van der Waals surface area contributed by atoms with E-state index >= 15 is 0 Å². The molecule has 1 amide bonds. The van der Waals surface area contributed by atoms with Gasteiger partial charge in [0.25, 0.3) is 5.91 Å². The first-order valence-corrected chi connectivity index (χ1v) is 11.1. The highest BCUT2D eigenvalue weighted by atomic mass is 19.1. The third-order valence-electron chi connectivity index (χ3n) is 5.83. The topological polar surface area (TPSA) is 68.5 Å². The van der Waals surface area contributed by atoms with Gasteiger partial charge in [-0.3, -0.25) is 4.79 Å². The van der Waals surface area contributed by atoms with Crippen molar-refractivity contribution in [3.05, 3.63) is 65.8 Å². The summed E-state index contributed by atoms with van der Waals surface area (Å²) in [6.45, 7) is 5.63. The molecule has 4 rings (SSSR count). The molecule has 32 heavy (non-hydrogen) atoms. The van der Waals surface area contributed by atoms with Gasteiger partial charge < -0.3 is 14.2 Å². The summed E-state index contributed by atoms with van der Waals surface area (Å²) in [5, 5.41) is 3.92. The van der Waals surface area contributed by atoms with Gasteiger partial charge in [0, 0.05) is 19.5 Å². The van der Waals surface area contributed by atoms with Crippen molar-refractivity contribution in [2.24, 2.45) is 5.92 Å². The van der Waals surface area contributed by atoms with Crippen molar-refractivity contribution >= 4 is 5.91 Å². The number of hydrogen-bond donors (Lipinski definition) is 0. The Morgan fingerprint density at radius 1 is 1.22 bits per heavy atom. The zero-order chi connectivity index (χ0) is 22.5. The van der Waals surface area contributed by atoms with Crippen LogP contribution in [0.5, 0.6) is 5.75 Å². The smallest absolute Gasteiger partial charge is 0.260 e. The highest BCUT2D eigenvalue weighted by Gasteiger charge is 2.26. The minimum atomic E-state index is -0.381. The number of halogens is 1. The van der Waals surface area contributed by atoms with Crippen LogP contribution in [-0.2, 0) is 11.2 Å². The van der Waals surface area contributed by atoms with Gasteiger partial charge in [-0.25, -0.2) is 4.39 Å².